The molecule has 3 aliphatic rings. The second-order valence-electron chi connectivity index (χ2n) is 32.8. The van der Waals surface area contributed by atoms with Crippen molar-refractivity contribution in [1.82, 2.24) is 0 Å². The molecule has 0 bridgehead atoms. The summed E-state index contributed by atoms with van der Waals surface area (Å²) in [5, 5.41) is 7.17. The summed E-state index contributed by atoms with van der Waals surface area (Å²) in [6, 6.07) is 66.2. The lowest BCUT2D eigenvalue weighted by Gasteiger charge is -2.35. The smallest absolute Gasteiger partial charge is 0.143 e. The number of fused-ring (bicyclic) bond motifs is 20. The molecule has 534 valence electrons. The van der Waals surface area contributed by atoms with Crippen LogP contribution in [0.15, 0.2) is 183 Å². The molecule has 0 N–H and O–H groups in total. The van der Waals surface area contributed by atoms with Crippen molar-refractivity contribution < 1.29 is 13.3 Å². The Hall–Kier alpha value is -8.60. The van der Waals surface area contributed by atoms with E-state index in [4.69, 9.17) is 13.3 Å². The third-order valence-electron chi connectivity index (χ3n) is 25.5. The molecule has 0 saturated heterocycles. The van der Waals surface area contributed by atoms with Gasteiger partial charge >= 0.3 is 0 Å². The number of anilines is 3. The first-order valence-corrected chi connectivity index (χ1v) is 41.1. The molecular formula is C100H111NO3. The fourth-order valence-corrected chi connectivity index (χ4v) is 20.3. The highest BCUT2D eigenvalue weighted by molar-refractivity contribution is 6.20. The highest BCUT2D eigenvalue weighted by Crippen LogP contribution is 2.64. The van der Waals surface area contributed by atoms with Crippen molar-refractivity contribution >= 4 is 82.9 Å². The summed E-state index contributed by atoms with van der Waals surface area (Å²) in [6.07, 6.45) is 35.5. The van der Waals surface area contributed by atoms with E-state index in [9.17, 15) is 0 Å². The molecule has 0 saturated carbocycles. The second kappa shape index (κ2) is 29.4. The second-order valence-corrected chi connectivity index (χ2v) is 32.8. The summed E-state index contributed by atoms with van der Waals surface area (Å²) in [7, 11) is 0. The first-order valence-electron chi connectivity index (χ1n) is 41.1. The van der Waals surface area contributed by atoms with Crippen molar-refractivity contribution in [1.29, 1.82) is 0 Å². The number of rotatable bonds is 32. The van der Waals surface area contributed by atoms with E-state index in [1.54, 1.807) is 22.3 Å². The van der Waals surface area contributed by atoms with Crippen LogP contribution in [-0.2, 0) is 16.2 Å². The van der Waals surface area contributed by atoms with Gasteiger partial charge in [-0.2, -0.15) is 0 Å². The van der Waals surface area contributed by atoms with Gasteiger partial charge in [-0.3, -0.25) is 0 Å². The van der Waals surface area contributed by atoms with Crippen molar-refractivity contribution in [2.24, 2.45) is 0 Å². The van der Waals surface area contributed by atoms with Crippen molar-refractivity contribution in [3.8, 4) is 44.5 Å². The summed E-state index contributed by atoms with van der Waals surface area (Å²) < 4.78 is 20.5. The molecule has 104 heavy (non-hydrogen) atoms. The van der Waals surface area contributed by atoms with E-state index in [2.05, 4.69) is 237 Å². The van der Waals surface area contributed by atoms with E-state index in [1.165, 1.54) is 261 Å². The van der Waals surface area contributed by atoms with Gasteiger partial charge in [0, 0.05) is 65.5 Å². The summed E-state index contributed by atoms with van der Waals surface area (Å²) in [5.41, 5.74) is 32.2. The van der Waals surface area contributed by atoms with Crippen LogP contribution in [0.25, 0.3) is 110 Å². The quantitative estimate of drug-likeness (QED) is 0.0394. The van der Waals surface area contributed by atoms with Crippen LogP contribution in [0.5, 0.6) is 0 Å². The Kier molecular flexibility index (Phi) is 19.7. The molecule has 0 spiro atoms. The van der Waals surface area contributed by atoms with Crippen LogP contribution in [0, 0.1) is 20.8 Å². The predicted molar refractivity (Wildman–Crippen MR) is 445 cm³/mol. The minimum atomic E-state index is -0.368. The minimum absolute atomic E-state index is 0.105. The molecule has 4 nitrogen and oxygen atoms in total. The zero-order valence-electron chi connectivity index (χ0n) is 64.1. The van der Waals surface area contributed by atoms with Crippen molar-refractivity contribution in [2.75, 3.05) is 4.90 Å². The van der Waals surface area contributed by atoms with E-state index < -0.39 is 0 Å². The minimum Gasteiger partial charge on any atom is -0.456 e. The molecule has 0 fully saturated rings. The Balaban J connectivity index is 0.893. The first-order chi connectivity index (χ1) is 50.9. The first kappa shape index (κ1) is 69.8. The molecule has 3 heterocycles. The lowest BCUT2D eigenvalue weighted by atomic mass is 9.68. The molecule has 0 aliphatic heterocycles. The Bertz CT molecular complexity index is 5270. The number of benzene rings is 10. The van der Waals surface area contributed by atoms with Gasteiger partial charge in [0.2, 0.25) is 0 Å². The van der Waals surface area contributed by atoms with Gasteiger partial charge in [0.1, 0.15) is 33.5 Å². The van der Waals surface area contributed by atoms with Crippen molar-refractivity contribution in [3.63, 3.8) is 0 Å². The van der Waals surface area contributed by atoms with Gasteiger partial charge in [-0.05, 0) is 209 Å². The molecule has 0 radical (unpaired) electrons. The van der Waals surface area contributed by atoms with E-state index in [0.717, 1.165) is 73.6 Å². The van der Waals surface area contributed by atoms with Gasteiger partial charge in [0.05, 0.1) is 5.69 Å². The Labute approximate surface area is 620 Å². The summed E-state index contributed by atoms with van der Waals surface area (Å²) in [4.78, 5) is 2.69. The molecule has 0 unspecified atom stereocenters. The van der Waals surface area contributed by atoms with E-state index >= 15 is 0 Å². The van der Waals surface area contributed by atoms with Gasteiger partial charge in [-0.15, -0.1) is 0 Å². The fraction of sp³-hybridized carbons (Fsp3) is 0.400. The molecule has 10 aromatic carbocycles. The van der Waals surface area contributed by atoms with Crippen LogP contribution in [-0.4, -0.2) is 0 Å². The number of furan rings is 3. The van der Waals surface area contributed by atoms with Crippen LogP contribution in [0.4, 0.5) is 17.1 Å². The number of hydrogen-bond donors (Lipinski definition) is 0. The maximum absolute atomic E-state index is 7.11. The van der Waals surface area contributed by atoms with Gasteiger partial charge in [0.25, 0.3) is 0 Å². The van der Waals surface area contributed by atoms with E-state index in [0.29, 0.717) is 0 Å². The fourth-order valence-electron chi connectivity index (χ4n) is 20.3. The molecule has 4 heteroatoms. The normalized spacial score (nSPS) is 14.4. The van der Waals surface area contributed by atoms with Crippen molar-refractivity contribution in [3.05, 3.63) is 220 Å². The number of aryl methyl sites for hydroxylation is 3. The van der Waals surface area contributed by atoms with Crippen LogP contribution in [0.1, 0.15) is 271 Å². The lowest BCUT2D eigenvalue weighted by molar-refractivity contribution is 0.394. The molecule has 3 aromatic heterocycles. The summed E-state index contributed by atoms with van der Waals surface area (Å²) in [5.74, 6) is 0. The molecule has 13 aromatic rings. The molecule has 16 rings (SSSR count). The number of nitrogens with zero attached hydrogens (tertiary/aromatic N) is 1. The van der Waals surface area contributed by atoms with Gasteiger partial charge in [-0.25, -0.2) is 0 Å². The SMILES string of the molecule is CCCCCCCCC1(CCCCCCCC)c2cc(N(c3ccc4c(c3)C(C)(C)c3cc(-c5ccc6oc7ccccc7c6c5)c5oc6ccccc6c5c3-4)c3c(C)cc(C)cc3C)ccc2-c2cc3c(cc21)-c1c(ccc2oc4ccccc4c12)C3(CCCCCCCC)CCCCCCCC. The maximum atomic E-state index is 7.11. The lowest BCUT2D eigenvalue weighted by Crippen LogP contribution is -2.27. The van der Waals surface area contributed by atoms with Crippen LogP contribution in [0.3, 0.4) is 0 Å². The highest BCUT2D eigenvalue weighted by Gasteiger charge is 2.49. The topological polar surface area (TPSA) is 42.7 Å². The van der Waals surface area contributed by atoms with Gasteiger partial charge in [0.15, 0.2) is 0 Å². The Morgan fingerprint density at radius 1 is 0.308 bits per heavy atom. The zero-order valence-corrected chi connectivity index (χ0v) is 64.1. The Morgan fingerprint density at radius 3 is 1.34 bits per heavy atom. The number of para-hydroxylation sites is 3. The Morgan fingerprint density at radius 2 is 0.740 bits per heavy atom. The van der Waals surface area contributed by atoms with Crippen LogP contribution < -0.4 is 4.90 Å². The monoisotopic (exact) mass is 1370 g/mol. The van der Waals surface area contributed by atoms with Crippen LogP contribution >= 0.6 is 0 Å². The van der Waals surface area contributed by atoms with Gasteiger partial charge in [-0.1, -0.05) is 292 Å². The number of unbranched alkanes of at least 4 members (excludes halogenated alkanes) is 20. The average molecular weight is 1370 g/mol. The van der Waals surface area contributed by atoms with Gasteiger partial charge < -0.3 is 18.2 Å². The largest absolute Gasteiger partial charge is 0.456 e. The van der Waals surface area contributed by atoms with E-state index in [-0.39, 0.29) is 16.2 Å². The highest BCUT2D eigenvalue weighted by atomic mass is 16.3. The zero-order chi connectivity index (χ0) is 71.3. The third-order valence-corrected chi connectivity index (χ3v) is 25.5. The maximum Gasteiger partial charge on any atom is 0.143 e. The third kappa shape index (κ3) is 12.1. The predicted octanol–water partition coefficient (Wildman–Crippen LogP) is 31.3. The van der Waals surface area contributed by atoms with Crippen molar-refractivity contribution in [2.45, 2.75) is 258 Å². The molecular weight excluding hydrogens is 1260 g/mol. The molecule has 3 aliphatic carbocycles. The van der Waals surface area contributed by atoms with Crippen LogP contribution in [0.2, 0.25) is 0 Å². The van der Waals surface area contributed by atoms with E-state index in [1.807, 2.05) is 0 Å². The average Bonchev–Trinajstić information content (AvgIpc) is 1.53. The standard InChI is InChI=1S/C100H111NO3/c1-10-14-18-22-26-36-54-99(55-37-27-23-19-15-11-2)81-51-53-91-94(75-41-31-34-44-88(75)103-91)93(81)80-65-84-78(64-85(80)99)72-49-47-71(62-83(72)100(84,56-38-28-24-20-16-12-3)57-39-29-25-21-17-13-4)101(96-67(6)58-66(5)59-68(96)7)70-48-50-74-82(61-70)98(8,9)86-63-77(97-95(92(74)86)76-42-32-35-45-89(76)104-97)69-46-52-90-79(60-69)73-40-30-33-43-87(73)102-90/h30-35,40-53,58-65H,10-29,36-39,54-57H2,1-9H3. The number of hydrogen-bond acceptors (Lipinski definition) is 4. The summed E-state index contributed by atoms with van der Waals surface area (Å²) >= 11 is 0. The summed E-state index contributed by atoms with van der Waals surface area (Å²) in [6.45, 7) is 21.3. The molecule has 0 atom stereocenters. The molecule has 0 amide bonds.